The average molecular weight is 280 g/mol. The zero-order chi connectivity index (χ0) is 14.0. The molecule has 2 rings (SSSR count). The van der Waals surface area contributed by atoms with Gasteiger partial charge in [-0.05, 0) is 25.2 Å². The first-order valence-corrected chi connectivity index (χ1v) is 6.68. The predicted octanol–water partition coefficient (Wildman–Crippen LogP) is 1.88. The highest BCUT2D eigenvalue weighted by atomic mass is 19.4. The van der Waals surface area contributed by atoms with Crippen LogP contribution in [0.4, 0.5) is 18.0 Å². The van der Waals surface area contributed by atoms with Crippen LogP contribution in [-0.4, -0.2) is 47.4 Å². The Morgan fingerprint density at radius 1 is 1.26 bits per heavy atom. The van der Waals surface area contributed by atoms with Gasteiger partial charge in [0.15, 0.2) is 0 Å². The molecule has 0 bridgehead atoms. The van der Waals surface area contributed by atoms with Crippen molar-refractivity contribution in [1.82, 2.24) is 10.2 Å². The van der Waals surface area contributed by atoms with Crippen LogP contribution < -0.4 is 5.32 Å². The van der Waals surface area contributed by atoms with Gasteiger partial charge < -0.3 is 15.3 Å². The van der Waals surface area contributed by atoms with Gasteiger partial charge in [0.05, 0.1) is 6.10 Å². The second-order valence-corrected chi connectivity index (χ2v) is 5.40. The number of hydrogen-bond acceptors (Lipinski definition) is 2. The van der Waals surface area contributed by atoms with Gasteiger partial charge >= 0.3 is 12.2 Å². The zero-order valence-corrected chi connectivity index (χ0v) is 10.6. The van der Waals surface area contributed by atoms with Crippen molar-refractivity contribution in [1.29, 1.82) is 0 Å². The molecule has 1 aliphatic carbocycles. The number of amides is 2. The molecule has 2 aliphatic rings. The molecule has 2 atom stereocenters. The van der Waals surface area contributed by atoms with Gasteiger partial charge in [0, 0.05) is 13.1 Å². The summed E-state index contributed by atoms with van der Waals surface area (Å²) in [6, 6.07) is -2.48. The molecule has 1 saturated heterocycles. The van der Waals surface area contributed by atoms with E-state index in [0.717, 1.165) is 12.8 Å². The summed E-state index contributed by atoms with van der Waals surface area (Å²) in [5.41, 5.74) is 0. The lowest BCUT2D eigenvalue weighted by molar-refractivity contribution is -0.165. The second-order valence-electron chi connectivity index (χ2n) is 5.40. The fourth-order valence-electron chi connectivity index (χ4n) is 2.91. The second kappa shape index (κ2) is 5.56. The van der Waals surface area contributed by atoms with Crippen LogP contribution in [0.15, 0.2) is 0 Å². The van der Waals surface area contributed by atoms with Gasteiger partial charge in [0.2, 0.25) is 0 Å². The number of nitrogens with zero attached hydrogens (tertiary/aromatic N) is 1. The first kappa shape index (κ1) is 14.4. The first-order chi connectivity index (χ1) is 8.88. The number of likely N-dealkylation sites (tertiary alicyclic amines) is 1. The minimum atomic E-state index is -4.41. The molecule has 2 fully saturated rings. The Bertz CT molecular complexity index is 329. The smallest absolute Gasteiger partial charge is 0.391 e. The van der Waals surface area contributed by atoms with Crippen LogP contribution in [0.25, 0.3) is 0 Å². The number of urea groups is 1. The van der Waals surface area contributed by atoms with Crippen LogP contribution in [-0.2, 0) is 0 Å². The molecule has 0 unspecified atom stereocenters. The van der Waals surface area contributed by atoms with Crippen LogP contribution in [0.1, 0.15) is 32.1 Å². The molecule has 110 valence electrons. The van der Waals surface area contributed by atoms with Crippen molar-refractivity contribution in [3.63, 3.8) is 0 Å². The Balaban J connectivity index is 1.97. The maximum absolute atomic E-state index is 13.0. The highest BCUT2D eigenvalue weighted by Gasteiger charge is 2.46. The van der Waals surface area contributed by atoms with Gasteiger partial charge in [-0.3, -0.25) is 0 Å². The molecule has 1 heterocycles. The predicted molar refractivity (Wildman–Crippen MR) is 62.5 cm³/mol. The number of nitrogens with one attached hydrogen (secondary N) is 1. The minimum absolute atomic E-state index is 0.112. The van der Waals surface area contributed by atoms with E-state index in [4.69, 9.17) is 0 Å². The van der Waals surface area contributed by atoms with Crippen molar-refractivity contribution in [3.05, 3.63) is 0 Å². The summed E-state index contributed by atoms with van der Waals surface area (Å²) in [6.07, 6.45) is -2.02. The fourth-order valence-corrected chi connectivity index (χ4v) is 2.91. The number of rotatable bonds is 2. The number of alkyl halides is 3. The Morgan fingerprint density at radius 2 is 1.89 bits per heavy atom. The number of carbonyl (C=O) groups excluding carboxylic acids is 1. The number of carbonyl (C=O) groups is 1. The normalized spacial score (nSPS) is 26.7. The third-order valence-electron chi connectivity index (χ3n) is 3.95. The minimum Gasteiger partial charge on any atom is -0.391 e. The van der Waals surface area contributed by atoms with Crippen LogP contribution >= 0.6 is 0 Å². The Labute approximate surface area is 110 Å². The van der Waals surface area contributed by atoms with Crippen molar-refractivity contribution in [2.45, 2.75) is 50.4 Å². The summed E-state index contributed by atoms with van der Waals surface area (Å²) >= 11 is 0. The number of aliphatic hydroxyl groups is 1. The van der Waals surface area contributed by atoms with Gasteiger partial charge in [-0.15, -0.1) is 0 Å². The van der Waals surface area contributed by atoms with E-state index in [9.17, 15) is 23.1 Å². The highest BCUT2D eigenvalue weighted by Crippen LogP contribution is 2.35. The molecule has 2 amide bonds. The molecule has 4 nitrogen and oxygen atoms in total. The van der Waals surface area contributed by atoms with Crippen molar-refractivity contribution in [2.24, 2.45) is 5.92 Å². The molecule has 1 saturated carbocycles. The molecule has 7 heteroatoms. The monoisotopic (exact) mass is 280 g/mol. The topological polar surface area (TPSA) is 52.6 Å². The van der Waals surface area contributed by atoms with Crippen LogP contribution in [0.2, 0.25) is 0 Å². The lowest BCUT2D eigenvalue weighted by Crippen LogP contribution is -2.53. The molecular weight excluding hydrogens is 261 g/mol. The van der Waals surface area contributed by atoms with Crippen LogP contribution in [0.5, 0.6) is 0 Å². The van der Waals surface area contributed by atoms with Gasteiger partial charge in [-0.1, -0.05) is 12.8 Å². The molecule has 0 spiro atoms. The zero-order valence-electron chi connectivity index (χ0n) is 10.6. The summed E-state index contributed by atoms with van der Waals surface area (Å²) < 4.78 is 39.0. The summed E-state index contributed by atoms with van der Waals surface area (Å²) in [4.78, 5) is 13.1. The average Bonchev–Trinajstić information content (AvgIpc) is 2.94. The number of aliphatic hydroxyl groups excluding tert-OH is 1. The van der Waals surface area contributed by atoms with Gasteiger partial charge in [-0.2, -0.15) is 13.2 Å². The van der Waals surface area contributed by atoms with E-state index in [2.05, 4.69) is 5.32 Å². The Kier molecular flexibility index (Phi) is 4.23. The van der Waals surface area contributed by atoms with Gasteiger partial charge in [0.25, 0.3) is 0 Å². The summed E-state index contributed by atoms with van der Waals surface area (Å²) in [6.45, 7) is 0.420. The van der Waals surface area contributed by atoms with Crippen molar-refractivity contribution < 1.29 is 23.1 Å². The van der Waals surface area contributed by atoms with Gasteiger partial charge in [-0.25, -0.2) is 4.79 Å². The van der Waals surface area contributed by atoms with E-state index < -0.39 is 30.3 Å². The number of β-amino-alcohol motifs (C(OH)–C–C–N with tert-alkyl or cyclic N) is 1. The van der Waals surface area contributed by atoms with Crippen molar-refractivity contribution >= 4 is 6.03 Å². The Hall–Kier alpha value is -0.980. The molecule has 0 aromatic carbocycles. The molecule has 0 aromatic rings. The standard InChI is InChI=1S/C12H19F3N2O2/c13-12(14,15)10(8-3-1-2-4-8)16-11(19)17-6-5-9(18)7-17/h8-10,18H,1-7H2,(H,16,19)/t9-,10+/m0/s1. The Morgan fingerprint density at radius 3 is 2.37 bits per heavy atom. The van der Waals surface area contributed by atoms with E-state index in [-0.39, 0.29) is 6.54 Å². The number of hydrogen-bond donors (Lipinski definition) is 2. The number of halogens is 3. The van der Waals surface area contributed by atoms with Crippen molar-refractivity contribution in [2.75, 3.05) is 13.1 Å². The molecule has 19 heavy (non-hydrogen) atoms. The summed E-state index contributed by atoms with van der Waals surface area (Å²) in [5.74, 6) is -0.517. The third-order valence-corrected chi connectivity index (χ3v) is 3.95. The molecule has 0 aromatic heterocycles. The third kappa shape index (κ3) is 3.52. The fraction of sp³-hybridized carbons (Fsp3) is 0.917. The molecular formula is C12H19F3N2O2. The van der Waals surface area contributed by atoms with E-state index in [0.29, 0.717) is 25.8 Å². The maximum Gasteiger partial charge on any atom is 0.408 e. The van der Waals surface area contributed by atoms with Crippen molar-refractivity contribution in [3.8, 4) is 0 Å². The quantitative estimate of drug-likeness (QED) is 0.811. The lowest BCUT2D eigenvalue weighted by atomic mass is 9.98. The maximum atomic E-state index is 13.0. The van der Waals surface area contributed by atoms with E-state index in [1.54, 1.807) is 0 Å². The molecule has 0 radical (unpaired) electrons. The van der Waals surface area contributed by atoms with E-state index >= 15 is 0 Å². The van der Waals surface area contributed by atoms with Crippen LogP contribution in [0.3, 0.4) is 0 Å². The first-order valence-electron chi connectivity index (χ1n) is 6.68. The summed E-state index contributed by atoms with van der Waals surface area (Å²) in [7, 11) is 0. The molecule has 2 N–H and O–H groups in total. The van der Waals surface area contributed by atoms with Gasteiger partial charge in [0.1, 0.15) is 6.04 Å². The lowest BCUT2D eigenvalue weighted by Gasteiger charge is -2.29. The van der Waals surface area contributed by atoms with E-state index in [1.165, 1.54) is 4.90 Å². The largest absolute Gasteiger partial charge is 0.408 e. The van der Waals surface area contributed by atoms with Crippen LogP contribution in [0, 0.1) is 5.92 Å². The highest BCUT2D eigenvalue weighted by molar-refractivity contribution is 5.75. The SMILES string of the molecule is O=C(N[C@H](C1CCCC1)C(F)(F)F)N1CC[C@H](O)C1. The molecule has 1 aliphatic heterocycles. The van der Waals surface area contributed by atoms with E-state index in [1.807, 2.05) is 0 Å². The summed E-state index contributed by atoms with van der Waals surface area (Å²) in [5, 5.41) is 11.4.